The van der Waals surface area contributed by atoms with Gasteiger partial charge in [-0.25, -0.2) is 0 Å². The molecule has 0 saturated carbocycles. The zero-order valence-corrected chi connectivity index (χ0v) is 30.3. The standard InChI is InChI=1S/C55H36/c1-4-16-43-40(13-1)33-52(49-22-10-7-19-46(43)49)36-25-29-38(30-26-36)55(54-35-42-15-3-6-18-45(42)48-21-9-12-24-51(48)54)39-31-27-37(28-32-39)53-34-41-14-2-5-17-44(41)47-20-8-11-23-50(47)53/h1-35,55H. The molecule has 0 aromatic heterocycles. The van der Waals surface area contributed by atoms with Crippen LogP contribution in [0.5, 0.6) is 0 Å². The van der Waals surface area contributed by atoms with Crippen LogP contribution in [0.15, 0.2) is 212 Å². The van der Waals surface area contributed by atoms with Gasteiger partial charge >= 0.3 is 0 Å². The number of fused-ring (bicyclic) bond motifs is 9. The Bertz CT molecular complexity index is 3080. The van der Waals surface area contributed by atoms with E-state index >= 15 is 0 Å². The van der Waals surface area contributed by atoms with Crippen molar-refractivity contribution in [3.8, 4) is 22.3 Å². The maximum absolute atomic E-state index is 2.43. The average molecular weight is 697 g/mol. The highest BCUT2D eigenvalue weighted by Crippen LogP contribution is 2.42. The van der Waals surface area contributed by atoms with Crippen molar-refractivity contribution >= 4 is 64.6 Å². The van der Waals surface area contributed by atoms with Crippen LogP contribution in [0.25, 0.3) is 86.9 Å². The quantitative estimate of drug-likeness (QED) is 0.124. The summed E-state index contributed by atoms with van der Waals surface area (Å²) in [5.74, 6) is 0.0271. The lowest BCUT2D eigenvalue weighted by Gasteiger charge is -2.23. The fourth-order valence-electron chi connectivity index (χ4n) is 9.17. The van der Waals surface area contributed by atoms with Crippen molar-refractivity contribution in [1.82, 2.24) is 0 Å². The minimum Gasteiger partial charge on any atom is -0.0616 e. The van der Waals surface area contributed by atoms with E-state index < -0.39 is 0 Å². The van der Waals surface area contributed by atoms with E-state index in [1.807, 2.05) is 0 Å². The topological polar surface area (TPSA) is 0 Å². The first kappa shape index (κ1) is 31.5. The van der Waals surface area contributed by atoms with Crippen LogP contribution >= 0.6 is 0 Å². The molecule has 0 aliphatic rings. The van der Waals surface area contributed by atoms with E-state index in [-0.39, 0.29) is 5.92 Å². The Morgan fingerprint density at radius 2 is 0.545 bits per heavy atom. The minimum atomic E-state index is 0.0271. The van der Waals surface area contributed by atoms with Gasteiger partial charge in [0, 0.05) is 5.92 Å². The first-order chi connectivity index (χ1) is 27.3. The summed E-state index contributed by atoms with van der Waals surface area (Å²) >= 11 is 0. The van der Waals surface area contributed by atoms with E-state index in [4.69, 9.17) is 0 Å². The van der Waals surface area contributed by atoms with Gasteiger partial charge in [0.1, 0.15) is 0 Å². The van der Waals surface area contributed by atoms with Crippen molar-refractivity contribution in [3.63, 3.8) is 0 Å². The van der Waals surface area contributed by atoms with Crippen LogP contribution in [0, 0.1) is 0 Å². The van der Waals surface area contributed by atoms with Gasteiger partial charge in [0.25, 0.3) is 0 Å². The molecule has 55 heavy (non-hydrogen) atoms. The second-order valence-electron chi connectivity index (χ2n) is 14.8. The van der Waals surface area contributed by atoms with Crippen molar-refractivity contribution in [2.45, 2.75) is 5.92 Å². The van der Waals surface area contributed by atoms with Gasteiger partial charge in [0.2, 0.25) is 0 Å². The fourth-order valence-corrected chi connectivity index (χ4v) is 9.17. The lowest BCUT2D eigenvalue weighted by atomic mass is 9.80. The third kappa shape index (κ3) is 5.22. The minimum absolute atomic E-state index is 0.0271. The molecule has 256 valence electrons. The van der Waals surface area contributed by atoms with Gasteiger partial charge in [-0.15, -0.1) is 0 Å². The summed E-state index contributed by atoms with van der Waals surface area (Å²) in [6.45, 7) is 0. The molecule has 0 amide bonds. The monoisotopic (exact) mass is 696 g/mol. The zero-order chi connectivity index (χ0) is 36.3. The van der Waals surface area contributed by atoms with Gasteiger partial charge in [0.05, 0.1) is 0 Å². The molecule has 0 bridgehead atoms. The van der Waals surface area contributed by atoms with Gasteiger partial charge in [-0.1, -0.05) is 194 Å². The van der Waals surface area contributed by atoms with Gasteiger partial charge in [-0.3, -0.25) is 0 Å². The van der Waals surface area contributed by atoms with Crippen molar-refractivity contribution in [2.75, 3.05) is 0 Å². The summed E-state index contributed by atoms with van der Waals surface area (Å²) in [5, 5.41) is 15.4. The summed E-state index contributed by atoms with van der Waals surface area (Å²) in [4.78, 5) is 0. The van der Waals surface area contributed by atoms with Crippen LogP contribution in [-0.4, -0.2) is 0 Å². The van der Waals surface area contributed by atoms with Crippen molar-refractivity contribution < 1.29 is 0 Å². The second-order valence-corrected chi connectivity index (χ2v) is 14.8. The molecule has 0 saturated heterocycles. The largest absolute Gasteiger partial charge is 0.0616 e. The molecule has 0 heterocycles. The highest BCUT2D eigenvalue weighted by molar-refractivity contribution is 6.15. The van der Waals surface area contributed by atoms with Gasteiger partial charge in [0.15, 0.2) is 0 Å². The second kappa shape index (κ2) is 12.8. The van der Waals surface area contributed by atoms with Gasteiger partial charge < -0.3 is 0 Å². The summed E-state index contributed by atoms with van der Waals surface area (Å²) in [6.07, 6.45) is 0. The first-order valence-corrected chi connectivity index (χ1v) is 19.2. The SMILES string of the molecule is c1ccc2c(c1)cc(-c1ccc(C(c3ccc(-c4cc5ccccc5c5ccccc45)cc3)c3cc4ccccc4c4ccccc34)cc1)c1ccccc12. The molecule has 0 N–H and O–H groups in total. The van der Waals surface area contributed by atoms with Crippen molar-refractivity contribution in [2.24, 2.45) is 0 Å². The fraction of sp³-hybridized carbons (Fsp3) is 0.0182. The molecule has 0 unspecified atom stereocenters. The Labute approximate surface area is 320 Å². The molecular weight excluding hydrogens is 661 g/mol. The summed E-state index contributed by atoms with van der Waals surface area (Å²) < 4.78 is 0. The number of hydrogen-bond acceptors (Lipinski definition) is 0. The maximum atomic E-state index is 2.43. The van der Waals surface area contributed by atoms with Crippen LogP contribution in [0.2, 0.25) is 0 Å². The molecule has 11 rings (SSSR count). The Kier molecular flexibility index (Phi) is 7.35. The predicted octanol–water partition coefficient (Wildman–Crippen LogP) is 15.1. The zero-order valence-electron chi connectivity index (χ0n) is 30.3. The smallest absolute Gasteiger partial charge is 0.0346 e. The van der Waals surface area contributed by atoms with Crippen molar-refractivity contribution in [1.29, 1.82) is 0 Å². The van der Waals surface area contributed by atoms with E-state index in [1.165, 1.54) is 104 Å². The molecule has 11 aromatic rings. The maximum Gasteiger partial charge on any atom is 0.0346 e. The van der Waals surface area contributed by atoms with Gasteiger partial charge in [-0.05, 0) is 122 Å². The molecule has 0 fully saturated rings. The highest BCUT2D eigenvalue weighted by Gasteiger charge is 2.22. The van der Waals surface area contributed by atoms with Crippen LogP contribution in [-0.2, 0) is 0 Å². The van der Waals surface area contributed by atoms with Gasteiger partial charge in [-0.2, -0.15) is 0 Å². The van der Waals surface area contributed by atoms with Crippen LogP contribution < -0.4 is 0 Å². The molecular formula is C55H36. The average Bonchev–Trinajstić information content (AvgIpc) is 3.26. The van der Waals surface area contributed by atoms with E-state index in [2.05, 4.69) is 212 Å². The summed E-state index contributed by atoms with van der Waals surface area (Å²) in [7, 11) is 0. The van der Waals surface area contributed by atoms with E-state index in [0.29, 0.717) is 0 Å². The summed E-state index contributed by atoms with van der Waals surface area (Å²) in [5.41, 5.74) is 8.86. The Morgan fingerprint density at radius 3 is 0.964 bits per heavy atom. The number of benzene rings is 11. The highest BCUT2D eigenvalue weighted by atomic mass is 14.2. The Balaban J connectivity index is 1.09. The Morgan fingerprint density at radius 1 is 0.236 bits per heavy atom. The molecule has 0 aliphatic heterocycles. The Hall–Kier alpha value is -7.02. The molecule has 0 aliphatic carbocycles. The first-order valence-electron chi connectivity index (χ1n) is 19.2. The molecule has 0 heteroatoms. The molecule has 0 atom stereocenters. The molecule has 0 spiro atoms. The third-order valence-electron chi connectivity index (χ3n) is 11.8. The molecule has 0 nitrogen and oxygen atoms in total. The van der Waals surface area contributed by atoms with E-state index in [9.17, 15) is 0 Å². The molecule has 11 aromatic carbocycles. The van der Waals surface area contributed by atoms with E-state index in [1.54, 1.807) is 0 Å². The normalized spacial score (nSPS) is 11.8. The number of rotatable bonds is 5. The predicted molar refractivity (Wildman–Crippen MR) is 236 cm³/mol. The van der Waals surface area contributed by atoms with Crippen molar-refractivity contribution in [3.05, 3.63) is 229 Å². The lowest BCUT2D eigenvalue weighted by molar-refractivity contribution is 0.992. The third-order valence-corrected chi connectivity index (χ3v) is 11.8. The summed E-state index contributed by atoms with van der Waals surface area (Å²) in [6, 6.07) is 78.7. The van der Waals surface area contributed by atoms with Crippen LogP contribution in [0.3, 0.4) is 0 Å². The lowest BCUT2D eigenvalue weighted by Crippen LogP contribution is -2.05. The number of hydrogen-bond donors (Lipinski definition) is 0. The van der Waals surface area contributed by atoms with E-state index in [0.717, 1.165) is 0 Å². The van der Waals surface area contributed by atoms with Crippen LogP contribution in [0.1, 0.15) is 22.6 Å². The van der Waals surface area contributed by atoms with Crippen LogP contribution in [0.4, 0.5) is 0 Å². The molecule has 0 radical (unpaired) electrons.